The van der Waals surface area contributed by atoms with E-state index >= 15 is 0 Å². The second-order valence-corrected chi connectivity index (χ2v) is 19.9. The molecule has 0 bridgehead atoms. The van der Waals surface area contributed by atoms with Crippen LogP contribution in [0, 0.1) is 0 Å². The number of rotatable bonds is 54. The van der Waals surface area contributed by atoms with Crippen molar-refractivity contribution in [2.45, 2.75) is 239 Å². The lowest BCUT2D eigenvalue weighted by molar-refractivity contribution is -0.167. The highest BCUT2D eigenvalue weighted by Gasteiger charge is 2.19. The van der Waals surface area contributed by atoms with Gasteiger partial charge < -0.3 is 14.2 Å². The molecule has 1 atom stereocenters. The fourth-order valence-electron chi connectivity index (χ4n) is 7.71. The molecule has 0 N–H and O–H groups in total. The minimum Gasteiger partial charge on any atom is -0.462 e. The van der Waals surface area contributed by atoms with Crippen LogP contribution >= 0.6 is 0 Å². The zero-order chi connectivity index (χ0) is 57.8. The quantitative estimate of drug-likeness (QED) is 0.0261. The highest BCUT2D eigenvalue weighted by atomic mass is 16.6. The highest BCUT2D eigenvalue weighted by Crippen LogP contribution is 2.12. The number of esters is 3. The standard InChI is InChI=1S/C74H112O6/c1-4-7-10-13-16-18-20-22-24-26-28-30-32-34-36-37-39-40-42-44-46-48-50-52-54-56-58-61-64-67-73(76)79-70-71(69-78-72(75)66-63-60-15-12-9-6-3)80-74(77)68-65-62-59-57-55-53-51-49-47-45-43-41-38-35-33-31-29-27-25-23-21-19-17-14-11-8-5-2/h7-8,10-11,16-19,22-25,28-31,34-36,38-40,43-46,49-52,55,57,71H,4-6,9,12-15,20-21,26-27,32-33,37,41-42,47-48,53-54,56,58-70H2,1-3H3/b10-7-,11-8-,18-16-,19-17-,24-22-,25-23-,30-28-,31-29-,36-34-,38-35-,40-39-,45-43-,46-44-,51-49-,52-50-,57-55-. The van der Waals surface area contributed by atoms with Crippen LogP contribution in [0.4, 0.5) is 0 Å². The van der Waals surface area contributed by atoms with Crippen molar-refractivity contribution in [3.05, 3.63) is 194 Å². The normalized spacial score (nSPS) is 13.5. The first-order chi connectivity index (χ1) is 39.5. The first-order valence-electron chi connectivity index (χ1n) is 31.4. The molecule has 0 radical (unpaired) electrons. The number of hydrogen-bond donors (Lipinski definition) is 0. The van der Waals surface area contributed by atoms with E-state index in [0.29, 0.717) is 19.3 Å². The second kappa shape index (κ2) is 65.8. The molecule has 0 rings (SSSR count). The molecule has 1 unspecified atom stereocenters. The fraction of sp³-hybridized carbons (Fsp3) is 0.527. The summed E-state index contributed by atoms with van der Waals surface area (Å²) in [6, 6.07) is 0. The van der Waals surface area contributed by atoms with Crippen LogP contribution < -0.4 is 0 Å². The Kier molecular flexibility index (Phi) is 61.0. The van der Waals surface area contributed by atoms with Crippen LogP contribution in [0.3, 0.4) is 0 Å². The Morgan fingerprint density at radius 3 is 0.787 bits per heavy atom. The molecule has 0 aromatic rings. The minimum absolute atomic E-state index is 0.114. The van der Waals surface area contributed by atoms with E-state index in [2.05, 4.69) is 215 Å². The van der Waals surface area contributed by atoms with E-state index < -0.39 is 6.10 Å². The maximum Gasteiger partial charge on any atom is 0.306 e. The molecule has 6 heteroatoms. The van der Waals surface area contributed by atoms with Crippen molar-refractivity contribution in [3.63, 3.8) is 0 Å². The molecule has 0 saturated heterocycles. The monoisotopic (exact) mass is 1100 g/mol. The van der Waals surface area contributed by atoms with E-state index in [4.69, 9.17) is 14.2 Å². The smallest absolute Gasteiger partial charge is 0.306 e. The summed E-state index contributed by atoms with van der Waals surface area (Å²) in [5, 5.41) is 0. The molecule has 0 aromatic carbocycles. The van der Waals surface area contributed by atoms with Crippen molar-refractivity contribution in [2.24, 2.45) is 0 Å². The van der Waals surface area contributed by atoms with Crippen molar-refractivity contribution < 1.29 is 28.6 Å². The van der Waals surface area contributed by atoms with Crippen LogP contribution in [0.2, 0.25) is 0 Å². The summed E-state index contributed by atoms with van der Waals surface area (Å²) in [6.45, 7) is 6.27. The molecule has 444 valence electrons. The number of unbranched alkanes of at least 4 members (excludes halogenated alkanes) is 11. The summed E-state index contributed by atoms with van der Waals surface area (Å²) >= 11 is 0. The van der Waals surface area contributed by atoms with Gasteiger partial charge in [0.1, 0.15) is 13.2 Å². The topological polar surface area (TPSA) is 78.9 Å². The zero-order valence-electron chi connectivity index (χ0n) is 50.8. The average molecular weight is 1100 g/mol. The summed E-state index contributed by atoms with van der Waals surface area (Å²) in [6.07, 6.45) is 100. The Hall–Kier alpha value is -5.75. The molecule has 0 amide bonds. The van der Waals surface area contributed by atoms with Gasteiger partial charge in [0.25, 0.3) is 0 Å². The third-order valence-electron chi connectivity index (χ3n) is 12.3. The lowest BCUT2D eigenvalue weighted by Crippen LogP contribution is -2.30. The SMILES string of the molecule is CC/C=C\C/C=C\C/C=C\C/C=C\C/C=C\C/C=C\C/C=C\C/C=C\CCCCCCC(=O)OCC(COC(=O)CCCCCCCC)OC(=O)CCCC/C=C\C/C=C\C/C=C\C/C=C\C/C=C\C/C=C\C/C=C\C/C=C\CC. The van der Waals surface area contributed by atoms with Gasteiger partial charge in [-0.3, -0.25) is 14.4 Å². The van der Waals surface area contributed by atoms with E-state index in [9.17, 15) is 14.4 Å². The number of hydrogen-bond acceptors (Lipinski definition) is 6. The van der Waals surface area contributed by atoms with Crippen molar-refractivity contribution >= 4 is 17.9 Å². The third-order valence-corrected chi connectivity index (χ3v) is 12.3. The summed E-state index contributed by atoms with van der Waals surface area (Å²) in [4.78, 5) is 38.0. The van der Waals surface area contributed by atoms with E-state index in [0.717, 1.165) is 167 Å². The molecule has 0 heterocycles. The van der Waals surface area contributed by atoms with Crippen LogP contribution in [-0.2, 0) is 28.6 Å². The molecule has 0 aromatic heterocycles. The van der Waals surface area contributed by atoms with E-state index in [-0.39, 0.29) is 37.5 Å². The van der Waals surface area contributed by atoms with Gasteiger partial charge in [0.15, 0.2) is 6.10 Å². The maximum absolute atomic E-state index is 12.8. The molecular weight excluding hydrogens is 985 g/mol. The largest absolute Gasteiger partial charge is 0.462 e. The van der Waals surface area contributed by atoms with Gasteiger partial charge in [0.05, 0.1) is 0 Å². The number of allylic oxidation sites excluding steroid dienone is 32. The molecule has 0 fully saturated rings. The average Bonchev–Trinajstić information content (AvgIpc) is 3.46. The van der Waals surface area contributed by atoms with Crippen molar-refractivity contribution in [2.75, 3.05) is 13.2 Å². The fourth-order valence-corrected chi connectivity index (χ4v) is 7.71. The van der Waals surface area contributed by atoms with Crippen LogP contribution in [0.15, 0.2) is 194 Å². The summed E-state index contributed by atoms with van der Waals surface area (Å²) in [7, 11) is 0. The molecule has 0 aliphatic heterocycles. The lowest BCUT2D eigenvalue weighted by atomic mass is 10.1. The van der Waals surface area contributed by atoms with Crippen molar-refractivity contribution in [1.29, 1.82) is 0 Å². The van der Waals surface area contributed by atoms with E-state index in [1.807, 2.05) is 0 Å². The van der Waals surface area contributed by atoms with Crippen LogP contribution in [0.25, 0.3) is 0 Å². The molecule has 0 aliphatic rings. The van der Waals surface area contributed by atoms with Gasteiger partial charge in [-0.1, -0.05) is 260 Å². The van der Waals surface area contributed by atoms with Gasteiger partial charge in [-0.15, -0.1) is 0 Å². The molecule has 80 heavy (non-hydrogen) atoms. The molecule has 0 aliphatic carbocycles. The van der Waals surface area contributed by atoms with Gasteiger partial charge in [0.2, 0.25) is 0 Å². The Labute approximate surface area is 490 Å². The van der Waals surface area contributed by atoms with E-state index in [1.54, 1.807) is 0 Å². The van der Waals surface area contributed by atoms with Crippen LogP contribution in [0.5, 0.6) is 0 Å². The Morgan fingerprint density at radius 1 is 0.263 bits per heavy atom. The van der Waals surface area contributed by atoms with Crippen LogP contribution in [-0.4, -0.2) is 37.2 Å². The van der Waals surface area contributed by atoms with Gasteiger partial charge in [-0.2, -0.15) is 0 Å². The highest BCUT2D eigenvalue weighted by molar-refractivity contribution is 5.71. The third kappa shape index (κ3) is 63.1. The number of carbonyl (C=O) groups excluding carboxylic acids is 3. The van der Waals surface area contributed by atoms with Crippen molar-refractivity contribution in [3.8, 4) is 0 Å². The van der Waals surface area contributed by atoms with Crippen LogP contribution in [0.1, 0.15) is 233 Å². The molecular formula is C74H112O6. The molecule has 0 saturated carbocycles. The summed E-state index contributed by atoms with van der Waals surface area (Å²) < 4.78 is 16.7. The zero-order valence-corrected chi connectivity index (χ0v) is 50.8. The number of carbonyl (C=O) groups is 3. The first kappa shape index (κ1) is 74.2. The van der Waals surface area contributed by atoms with Crippen molar-refractivity contribution in [1.82, 2.24) is 0 Å². The van der Waals surface area contributed by atoms with Gasteiger partial charge in [0, 0.05) is 19.3 Å². The predicted octanol–water partition coefficient (Wildman–Crippen LogP) is 21.8. The second-order valence-electron chi connectivity index (χ2n) is 19.9. The summed E-state index contributed by atoms with van der Waals surface area (Å²) in [5.41, 5.74) is 0. The lowest BCUT2D eigenvalue weighted by Gasteiger charge is -2.18. The first-order valence-corrected chi connectivity index (χ1v) is 31.4. The molecule has 0 spiro atoms. The summed E-state index contributed by atoms with van der Waals surface area (Å²) in [5.74, 6) is -1.01. The van der Waals surface area contributed by atoms with Gasteiger partial charge in [-0.05, 0) is 148 Å². The maximum atomic E-state index is 12.8. The number of ether oxygens (including phenoxy) is 3. The predicted molar refractivity (Wildman–Crippen MR) is 347 cm³/mol. The minimum atomic E-state index is -0.821. The molecule has 6 nitrogen and oxygen atoms in total. The van der Waals surface area contributed by atoms with E-state index in [1.165, 1.54) is 19.3 Å². The Bertz CT molecular complexity index is 1930. The Balaban J connectivity index is 4.32. The van der Waals surface area contributed by atoms with Gasteiger partial charge >= 0.3 is 17.9 Å². The Morgan fingerprint density at radius 2 is 0.487 bits per heavy atom. The van der Waals surface area contributed by atoms with Gasteiger partial charge in [-0.25, -0.2) is 0 Å².